The Labute approximate surface area is 127 Å². The van der Waals surface area contributed by atoms with Gasteiger partial charge in [0.1, 0.15) is 0 Å². The third-order valence-corrected chi connectivity index (χ3v) is 2.11. The van der Waals surface area contributed by atoms with Crippen molar-refractivity contribution in [3.63, 3.8) is 0 Å². The van der Waals surface area contributed by atoms with Gasteiger partial charge in [0, 0.05) is 0 Å². The van der Waals surface area contributed by atoms with Gasteiger partial charge in [-0.25, -0.2) is 0 Å². The first kappa shape index (κ1) is 18.5. The Kier molecular flexibility index (Phi) is 16.9. The molecule has 0 amide bonds. The summed E-state index contributed by atoms with van der Waals surface area (Å²) in [7, 11) is 9.87. The maximum absolute atomic E-state index is 4.93. The minimum absolute atomic E-state index is 0.826. The summed E-state index contributed by atoms with van der Waals surface area (Å²) in [6.45, 7) is 2.23. The molecule has 0 aromatic rings. The monoisotopic (exact) mass is 346 g/mol. The van der Waals surface area contributed by atoms with Gasteiger partial charge in [0.15, 0.2) is 0 Å². The molecule has 0 aromatic carbocycles. The average Bonchev–Trinajstić information content (AvgIpc) is 3.03. The molecule has 2 saturated carbocycles. The summed E-state index contributed by atoms with van der Waals surface area (Å²) in [4.78, 5) is 0. The van der Waals surface area contributed by atoms with Crippen LogP contribution in [0.2, 0.25) is 0 Å². The fourth-order valence-electron chi connectivity index (χ4n) is 1.28. The van der Waals surface area contributed by atoms with Gasteiger partial charge < -0.3 is 0 Å². The van der Waals surface area contributed by atoms with Crippen LogP contribution >= 0.6 is 17.0 Å². The predicted octanol–water partition coefficient (Wildman–Crippen LogP) is 4.98. The van der Waals surface area contributed by atoms with E-state index < -0.39 is 20.8 Å². The van der Waals surface area contributed by atoms with Crippen molar-refractivity contribution in [3.05, 3.63) is 63.7 Å². The molecule has 2 aliphatic carbocycles. The minimum atomic E-state index is -0.826. The third kappa shape index (κ3) is 13.7. The van der Waals surface area contributed by atoms with Gasteiger partial charge in [-0.1, -0.05) is 19.8 Å². The predicted molar refractivity (Wildman–Crippen MR) is 73.2 cm³/mol. The molecule has 0 aromatic heterocycles. The Morgan fingerprint density at radius 3 is 1.65 bits per heavy atom. The fraction of sp³-hybridized carbons (Fsp3) is 0.286. The maximum atomic E-state index is 4.93. The van der Waals surface area contributed by atoms with Crippen LogP contribution < -0.4 is 0 Å². The van der Waals surface area contributed by atoms with E-state index in [0.717, 1.165) is 0 Å². The molecule has 0 saturated heterocycles. The van der Waals surface area contributed by atoms with E-state index in [1.165, 1.54) is 25.2 Å². The topological polar surface area (TPSA) is 0 Å². The molecule has 0 nitrogen and oxygen atoms in total. The molecule has 2 fully saturated rings. The fourth-order valence-corrected chi connectivity index (χ4v) is 1.28. The van der Waals surface area contributed by atoms with Gasteiger partial charge in [-0.05, 0) is 70.1 Å². The van der Waals surface area contributed by atoms with Gasteiger partial charge >= 0.3 is 37.9 Å². The van der Waals surface area contributed by atoms with Crippen LogP contribution in [0.15, 0.2) is 0 Å². The summed E-state index contributed by atoms with van der Waals surface area (Å²) in [6, 6.07) is 0. The van der Waals surface area contributed by atoms with Crippen LogP contribution in [0.3, 0.4) is 0 Å². The summed E-state index contributed by atoms with van der Waals surface area (Å²) in [6.07, 6.45) is 22.5. The second kappa shape index (κ2) is 15.5. The number of unbranched alkanes of at least 4 members (excludes halogenated alkanes) is 1. The Hall–Kier alpha value is 1.46. The molecule has 0 aliphatic heterocycles. The first-order chi connectivity index (χ1) is 8.35. The molecular formula is C14H18Cl2Zr+2. The van der Waals surface area contributed by atoms with Crippen LogP contribution in [0, 0.1) is 63.7 Å². The molecule has 0 N–H and O–H groups in total. The number of halogens is 2. The van der Waals surface area contributed by atoms with E-state index in [-0.39, 0.29) is 0 Å². The second-order valence-corrected chi connectivity index (χ2v) is 7.16. The van der Waals surface area contributed by atoms with E-state index in [0.29, 0.717) is 0 Å². The summed E-state index contributed by atoms with van der Waals surface area (Å²) < 4.78 is 0. The number of rotatable bonds is 3. The zero-order valence-electron chi connectivity index (χ0n) is 10.1. The summed E-state index contributed by atoms with van der Waals surface area (Å²) >= 11 is -0.826. The molecule has 0 heterocycles. The molecule has 17 heavy (non-hydrogen) atoms. The summed E-state index contributed by atoms with van der Waals surface area (Å²) in [5.41, 5.74) is 0. The van der Waals surface area contributed by atoms with Gasteiger partial charge in [0.2, 0.25) is 0 Å². The first-order valence-corrected chi connectivity index (χ1v) is 12.0. The van der Waals surface area contributed by atoms with Gasteiger partial charge in [-0.3, -0.25) is 0 Å². The molecule has 0 atom stereocenters. The zero-order valence-corrected chi connectivity index (χ0v) is 14.0. The molecule has 90 valence electrons. The Bertz CT molecular complexity index is 125. The van der Waals surface area contributed by atoms with Crippen molar-refractivity contribution in [1.29, 1.82) is 0 Å². The third-order valence-electron chi connectivity index (χ3n) is 2.11. The molecule has 0 bridgehead atoms. The van der Waals surface area contributed by atoms with E-state index >= 15 is 0 Å². The standard InChI is InChI=1S/C9H13.C5H5.2ClH.Zr/c1-2-3-6-9-7-4-5-8-9;1-2-4-5-3-1;;;/h4-5,7-8H,2-3,6H2,1H3;1-5H;2*1H;/q;;;;+4/p-2. The van der Waals surface area contributed by atoms with Gasteiger partial charge in [-0.15, -0.1) is 0 Å². The van der Waals surface area contributed by atoms with Crippen molar-refractivity contribution in [2.45, 2.75) is 26.2 Å². The van der Waals surface area contributed by atoms with Crippen LogP contribution in [0.25, 0.3) is 0 Å². The van der Waals surface area contributed by atoms with Crippen molar-refractivity contribution in [1.82, 2.24) is 0 Å². The molecule has 2 rings (SSSR count). The number of hydrogen-bond acceptors (Lipinski definition) is 0. The zero-order chi connectivity index (χ0) is 12.8. The van der Waals surface area contributed by atoms with Gasteiger partial charge in [-0.2, -0.15) is 0 Å². The Balaban J connectivity index is 0.000000270. The number of hydrogen-bond donors (Lipinski definition) is 0. The Morgan fingerprint density at radius 1 is 0.882 bits per heavy atom. The average molecular weight is 348 g/mol. The van der Waals surface area contributed by atoms with E-state index in [1.54, 1.807) is 0 Å². The SMILES string of the molecule is CCCC[C]1[CH][CH][CH][CH]1.[CH]1[CH][CH][CH][CH]1.[Cl][Zr+2][Cl]. The van der Waals surface area contributed by atoms with E-state index in [4.69, 9.17) is 17.0 Å². The van der Waals surface area contributed by atoms with E-state index in [9.17, 15) is 0 Å². The van der Waals surface area contributed by atoms with Crippen molar-refractivity contribution in [2.75, 3.05) is 0 Å². The van der Waals surface area contributed by atoms with Crippen LogP contribution in [0.5, 0.6) is 0 Å². The molecule has 0 spiro atoms. The van der Waals surface area contributed by atoms with Crippen LogP contribution in [-0.4, -0.2) is 0 Å². The summed E-state index contributed by atoms with van der Waals surface area (Å²) in [5.74, 6) is 1.48. The molecule has 0 unspecified atom stereocenters. The molecule has 2 aliphatic rings. The first-order valence-electron chi connectivity index (χ1n) is 5.68. The van der Waals surface area contributed by atoms with Gasteiger partial charge in [0.25, 0.3) is 0 Å². The van der Waals surface area contributed by atoms with Crippen LogP contribution in [0.4, 0.5) is 0 Å². The molecule has 10 radical (unpaired) electrons. The Morgan fingerprint density at radius 2 is 1.29 bits per heavy atom. The van der Waals surface area contributed by atoms with Crippen LogP contribution in [0.1, 0.15) is 26.2 Å². The van der Waals surface area contributed by atoms with Crippen molar-refractivity contribution in [2.24, 2.45) is 0 Å². The van der Waals surface area contributed by atoms with Crippen molar-refractivity contribution in [3.8, 4) is 0 Å². The van der Waals surface area contributed by atoms with Crippen LogP contribution in [-0.2, 0) is 20.8 Å². The quantitative estimate of drug-likeness (QED) is 0.675. The van der Waals surface area contributed by atoms with E-state index in [1.807, 2.05) is 32.1 Å². The molecule has 3 heteroatoms. The van der Waals surface area contributed by atoms with Gasteiger partial charge in [0.05, 0.1) is 0 Å². The van der Waals surface area contributed by atoms with Crippen molar-refractivity contribution < 1.29 is 20.8 Å². The van der Waals surface area contributed by atoms with Crippen molar-refractivity contribution >= 4 is 17.0 Å². The second-order valence-electron chi connectivity index (χ2n) is 3.43. The van der Waals surface area contributed by atoms with E-state index in [2.05, 4.69) is 32.6 Å². The molecular weight excluding hydrogens is 330 g/mol. The normalized spacial score (nSPS) is 18.8. The summed E-state index contributed by atoms with van der Waals surface area (Å²) in [5, 5.41) is 0.